The lowest BCUT2D eigenvalue weighted by Crippen LogP contribution is -2.02. The van der Waals surface area contributed by atoms with Gasteiger partial charge >= 0.3 is 0 Å². The van der Waals surface area contributed by atoms with Gasteiger partial charge in [0.15, 0.2) is 0 Å². The maximum absolute atomic E-state index is 10.6. The van der Waals surface area contributed by atoms with Crippen LogP contribution in [-0.2, 0) is 0 Å². The maximum Gasteiger partial charge on any atom is 0.269 e. The highest BCUT2D eigenvalue weighted by Gasteiger charge is 2.05. The Hall–Kier alpha value is -3.41. The van der Waals surface area contributed by atoms with E-state index >= 15 is 0 Å². The Kier molecular flexibility index (Phi) is 4.38. The first-order valence-electron chi connectivity index (χ1n) is 7.42. The molecule has 0 fully saturated rings. The summed E-state index contributed by atoms with van der Waals surface area (Å²) < 4.78 is 2.10. The number of nitrogens with zero attached hydrogens (tertiary/aromatic N) is 3. The normalized spacial score (nSPS) is 10.9. The minimum Gasteiger partial charge on any atom is -0.313 e. The molecular formula is C18H16N4O2. The van der Waals surface area contributed by atoms with Gasteiger partial charge in [0.25, 0.3) is 5.69 Å². The third-order valence-electron chi connectivity index (χ3n) is 3.59. The fraction of sp³-hybridized carbons (Fsp3) is 0.0556. The molecule has 0 bridgehead atoms. The molecule has 0 radical (unpaired) electrons. The number of hydrazone groups is 1. The molecule has 0 spiro atoms. The van der Waals surface area contributed by atoms with Gasteiger partial charge in [-0.25, -0.2) is 0 Å². The van der Waals surface area contributed by atoms with E-state index < -0.39 is 4.92 Å². The molecule has 3 aromatic rings. The van der Waals surface area contributed by atoms with Crippen LogP contribution in [0.1, 0.15) is 11.4 Å². The van der Waals surface area contributed by atoms with Crippen LogP contribution in [0.5, 0.6) is 0 Å². The van der Waals surface area contributed by atoms with E-state index in [2.05, 4.69) is 15.1 Å². The first-order valence-corrected chi connectivity index (χ1v) is 7.42. The van der Waals surface area contributed by atoms with Crippen LogP contribution in [-0.4, -0.2) is 15.7 Å². The fourth-order valence-electron chi connectivity index (χ4n) is 2.42. The number of non-ortho nitro benzene ring substituents is 1. The molecule has 0 amide bonds. The molecule has 0 saturated carbocycles. The number of nitrogens with one attached hydrogen (secondary N) is 1. The average Bonchev–Trinajstić information content (AvgIpc) is 2.97. The Bertz CT molecular complexity index is 868. The summed E-state index contributed by atoms with van der Waals surface area (Å²) in [5.74, 6) is 0. The number of hydrogen-bond acceptors (Lipinski definition) is 4. The smallest absolute Gasteiger partial charge is 0.269 e. The third-order valence-corrected chi connectivity index (χ3v) is 3.59. The van der Waals surface area contributed by atoms with Crippen LogP contribution < -0.4 is 5.43 Å². The highest BCUT2D eigenvalue weighted by molar-refractivity contribution is 5.79. The van der Waals surface area contributed by atoms with Gasteiger partial charge in [0.05, 0.1) is 22.5 Å². The van der Waals surface area contributed by atoms with Crippen molar-refractivity contribution < 1.29 is 4.92 Å². The van der Waals surface area contributed by atoms with Gasteiger partial charge in [-0.3, -0.25) is 15.5 Å². The van der Waals surface area contributed by atoms with Crippen molar-refractivity contribution in [2.45, 2.75) is 6.92 Å². The van der Waals surface area contributed by atoms with Gasteiger partial charge in [-0.15, -0.1) is 0 Å². The summed E-state index contributed by atoms with van der Waals surface area (Å²) in [6, 6.07) is 20.2. The Labute approximate surface area is 139 Å². The van der Waals surface area contributed by atoms with Crippen LogP contribution in [0, 0.1) is 17.0 Å². The Balaban J connectivity index is 1.77. The van der Waals surface area contributed by atoms with E-state index in [4.69, 9.17) is 0 Å². The first kappa shape index (κ1) is 15.5. The molecule has 3 rings (SSSR count). The number of aryl methyl sites for hydroxylation is 1. The van der Waals surface area contributed by atoms with Crippen LogP contribution >= 0.6 is 0 Å². The van der Waals surface area contributed by atoms with E-state index in [1.54, 1.807) is 18.3 Å². The SMILES string of the molecule is Cc1ccc(/C=N/Nc2ccc([N+](=O)[O-])cc2)n1-c1ccccc1. The second-order valence-electron chi connectivity index (χ2n) is 5.24. The molecule has 0 aliphatic carbocycles. The summed E-state index contributed by atoms with van der Waals surface area (Å²) in [6.07, 6.45) is 1.72. The van der Waals surface area contributed by atoms with E-state index in [-0.39, 0.29) is 5.69 Å². The minimum absolute atomic E-state index is 0.0538. The van der Waals surface area contributed by atoms with Gasteiger partial charge in [-0.1, -0.05) is 18.2 Å². The zero-order valence-electron chi connectivity index (χ0n) is 13.1. The summed E-state index contributed by atoms with van der Waals surface area (Å²) in [4.78, 5) is 10.2. The average molecular weight is 320 g/mol. The topological polar surface area (TPSA) is 72.5 Å². The summed E-state index contributed by atoms with van der Waals surface area (Å²) in [6.45, 7) is 2.04. The highest BCUT2D eigenvalue weighted by Crippen LogP contribution is 2.17. The van der Waals surface area contributed by atoms with Crippen LogP contribution in [0.25, 0.3) is 5.69 Å². The van der Waals surface area contributed by atoms with Gasteiger partial charge in [-0.2, -0.15) is 5.10 Å². The fourth-order valence-corrected chi connectivity index (χ4v) is 2.42. The molecule has 120 valence electrons. The second-order valence-corrected chi connectivity index (χ2v) is 5.24. The van der Waals surface area contributed by atoms with E-state index in [9.17, 15) is 10.1 Å². The van der Waals surface area contributed by atoms with Crippen LogP contribution in [0.3, 0.4) is 0 Å². The van der Waals surface area contributed by atoms with Crippen molar-refractivity contribution in [3.63, 3.8) is 0 Å². The van der Waals surface area contributed by atoms with Crippen molar-refractivity contribution in [2.75, 3.05) is 5.43 Å². The zero-order valence-corrected chi connectivity index (χ0v) is 13.1. The number of para-hydroxylation sites is 1. The number of rotatable bonds is 5. The van der Waals surface area contributed by atoms with Gasteiger partial charge in [0.2, 0.25) is 0 Å². The summed E-state index contributed by atoms with van der Waals surface area (Å²) >= 11 is 0. The molecule has 2 aromatic carbocycles. The van der Waals surface area contributed by atoms with Crippen molar-refractivity contribution in [3.05, 3.63) is 88.2 Å². The van der Waals surface area contributed by atoms with Gasteiger partial charge < -0.3 is 4.57 Å². The quantitative estimate of drug-likeness (QED) is 0.436. The van der Waals surface area contributed by atoms with Crippen molar-refractivity contribution in [1.29, 1.82) is 0 Å². The number of aromatic nitrogens is 1. The second kappa shape index (κ2) is 6.78. The molecule has 0 unspecified atom stereocenters. The summed E-state index contributed by atoms with van der Waals surface area (Å²) in [7, 11) is 0. The predicted molar refractivity (Wildman–Crippen MR) is 94.8 cm³/mol. The zero-order chi connectivity index (χ0) is 16.9. The van der Waals surface area contributed by atoms with Crippen molar-refractivity contribution in [1.82, 2.24) is 4.57 Å². The largest absolute Gasteiger partial charge is 0.313 e. The standard InChI is InChI=1S/C18H16N4O2/c1-14-7-10-18(21(14)16-5-3-2-4-6-16)13-19-20-15-8-11-17(12-9-15)22(23)24/h2-13,20H,1H3/b19-13+. The monoisotopic (exact) mass is 320 g/mol. The third kappa shape index (κ3) is 3.33. The minimum atomic E-state index is -0.428. The van der Waals surface area contributed by atoms with Crippen molar-refractivity contribution >= 4 is 17.6 Å². The number of anilines is 1. The van der Waals surface area contributed by atoms with Crippen LogP contribution in [0.2, 0.25) is 0 Å². The Morgan fingerprint density at radius 1 is 1.04 bits per heavy atom. The predicted octanol–water partition coefficient (Wildman–Crippen LogP) is 4.14. The highest BCUT2D eigenvalue weighted by atomic mass is 16.6. The number of hydrogen-bond donors (Lipinski definition) is 1. The van der Waals surface area contributed by atoms with E-state index in [0.717, 1.165) is 17.1 Å². The summed E-state index contributed by atoms with van der Waals surface area (Å²) in [5, 5.41) is 14.9. The molecule has 6 heteroatoms. The van der Waals surface area contributed by atoms with E-state index in [1.165, 1.54) is 12.1 Å². The first-order chi connectivity index (χ1) is 11.6. The number of nitro groups is 1. The van der Waals surface area contributed by atoms with Crippen molar-refractivity contribution in [3.8, 4) is 5.69 Å². The molecule has 0 saturated heterocycles. The molecule has 0 aliphatic heterocycles. The Morgan fingerprint density at radius 2 is 1.75 bits per heavy atom. The lowest BCUT2D eigenvalue weighted by atomic mass is 10.3. The molecule has 6 nitrogen and oxygen atoms in total. The number of benzene rings is 2. The van der Waals surface area contributed by atoms with Gasteiger partial charge in [0, 0.05) is 23.5 Å². The lowest BCUT2D eigenvalue weighted by molar-refractivity contribution is -0.384. The van der Waals surface area contributed by atoms with Gasteiger partial charge in [0.1, 0.15) is 0 Å². The maximum atomic E-state index is 10.6. The van der Waals surface area contributed by atoms with Crippen molar-refractivity contribution in [2.24, 2.45) is 5.10 Å². The van der Waals surface area contributed by atoms with Gasteiger partial charge in [-0.05, 0) is 43.3 Å². The molecule has 24 heavy (non-hydrogen) atoms. The molecule has 0 atom stereocenters. The van der Waals surface area contributed by atoms with Crippen LogP contribution in [0.4, 0.5) is 11.4 Å². The molecule has 1 heterocycles. The molecule has 0 aliphatic rings. The lowest BCUT2D eigenvalue weighted by Gasteiger charge is -2.09. The Morgan fingerprint density at radius 3 is 2.42 bits per heavy atom. The number of nitro benzene ring substituents is 1. The van der Waals surface area contributed by atoms with Crippen LogP contribution in [0.15, 0.2) is 71.8 Å². The molecule has 1 N–H and O–H groups in total. The molecule has 1 aromatic heterocycles. The molecular weight excluding hydrogens is 304 g/mol. The summed E-state index contributed by atoms with van der Waals surface area (Å²) in [5.41, 5.74) is 6.73. The van der Waals surface area contributed by atoms with E-state index in [1.807, 2.05) is 49.4 Å². The van der Waals surface area contributed by atoms with E-state index in [0.29, 0.717) is 5.69 Å².